The molecule has 3 N–H and O–H groups in total. The van der Waals surface area contributed by atoms with Gasteiger partial charge in [-0.1, -0.05) is 68.2 Å². The zero-order valence-electron chi connectivity index (χ0n) is 33.8. The van der Waals surface area contributed by atoms with Crippen LogP contribution in [-0.2, 0) is 30.8 Å². The second kappa shape index (κ2) is 15.1. The van der Waals surface area contributed by atoms with E-state index >= 15 is 4.79 Å². The number of sulfonamides is 1. The van der Waals surface area contributed by atoms with Gasteiger partial charge in [0.25, 0.3) is 5.91 Å². The lowest BCUT2D eigenvalue weighted by atomic mass is 9.86. The molecule has 3 aliphatic heterocycles. The fourth-order valence-electron chi connectivity index (χ4n) is 10.1. The van der Waals surface area contributed by atoms with Crippen molar-refractivity contribution in [1.82, 2.24) is 24.8 Å². The molecule has 1 spiro atoms. The van der Waals surface area contributed by atoms with Gasteiger partial charge >= 0.3 is 6.09 Å². The predicted molar refractivity (Wildman–Crippen MR) is 221 cm³/mol. The van der Waals surface area contributed by atoms with E-state index in [0.29, 0.717) is 73.9 Å². The van der Waals surface area contributed by atoms with Gasteiger partial charge in [0.05, 0.1) is 16.8 Å². The number of rotatable bonds is 6. The standard InChI is InChI=1S/C45H52FN5O8S/c1-43(22-23-43)60(57,58)49-41(54)45-25-29(45)13-5-3-2-4-6-19-35(51(42(55)56)31-15-7-8-16-31)40(53)50-27-44(26-36(50)39(52)48-45)21-20-33-32-17-9-10-18-34(32)47-37(38(33)59-44)28-12-11-14-30(46)24-28/h5,9-14,17-18,24,29,31,35-36H,2-4,6-8,15-16,19-23,25-27H2,1H3,(H,48,52)(H,49,54)(H,55,56)/b13-5-/t29-,35+,36+,44-,45-/m1/s1. The topological polar surface area (TPSA) is 175 Å². The zero-order chi connectivity index (χ0) is 42.0. The Labute approximate surface area is 349 Å². The number of benzene rings is 2. The molecule has 1 aromatic heterocycles. The van der Waals surface area contributed by atoms with E-state index in [1.54, 1.807) is 19.1 Å². The van der Waals surface area contributed by atoms with Crippen molar-refractivity contribution in [2.75, 3.05) is 6.54 Å². The van der Waals surface area contributed by atoms with Crippen LogP contribution < -0.4 is 14.8 Å². The third kappa shape index (κ3) is 7.19. The normalized spacial score (nSPS) is 29.6. The van der Waals surface area contributed by atoms with Gasteiger partial charge in [-0.3, -0.25) is 24.0 Å². The number of hydrogen-bond acceptors (Lipinski definition) is 8. The molecule has 15 heteroatoms. The molecule has 5 atom stereocenters. The molecule has 4 heterocycles. The van der Waals surface area contributed by atoms with E-state index in [0.717, 1.165) is 36.6 Å². The Bertz CT molecular complexity index is 2400. The summed E-state index contributed by atoms with van der Waals surface area (Å²) in [5.74, 6) is -2.45. The summed E-state index contributed by atoms with van der Waals surface area (Å²) in [7, 11) is -4.04. The van der Waals surface area contributed by atoms with E-state index in [-0.39, 0.29) is 31.8 Å². The molecule has 318 valence electrons. The number of aromatic nitrogens is 1. The smallest absolute Gasteiger partial charge is 0.408 e. The monoisotopic (exact) mass is 841 g/mol. The fraction of sp³-hybridized carbons (Fsp3) is 0.533. The number of pyridine rings is 1. The quantitative estimate of drug-likeness (QED) is 0.238. The first-order valence-electron chi connectivity index (χ1n) is 21.5. The van der Waals surface area contributed by atoms with E-state index in [9.17, 15) is 32.3 Å². The Morgan fingerprint density at radius 3 is 2.52 bits per heavy atom. The van der Waals surface area contributed by atoms with Crippen LogP contribution in [0.3, 0.4) is 0 Å². The average molecular weight is 842 g/mol. The minimum atomic E-state index is -4.04. The molecule has 6 aliphatic rings. The molecule has 9 rings (SSSR count). The molecular formula is C45H52FN5O8S. The number of para-hydroxylation sites is 1. The summed E-state index contributed by atoms with van der Waals surface area (Å²) in [5.41, 5.74) is -0.207. The number of nitrogens with one attached hydrogen (secondary N) is 2. The number of carbonyl (C=O) groups excluding carboxylic acids is 3. The van der Waals surface area contributed by atoms with Gasteiger partial charge in [0.15, 0.2) is 0 Å². The second-order valence-electron chi connectivity index (χ2n) is 18.1. The molecule has 0 radical (unpaired) electrons. The molecule has 4 fully saturated rings. The SMILES string of the molecule is CC1(S(=O)(=O)NC(=O)[C@@]23C[C@H]2/C=C\CCCCC[C@H](N(C(=O)O)C2CCCC2)C(=O)N2C[C@@]4(CCc5c(c(-c6cccc(F)c6)nc6ccccc56)O4)C[C@H]2C(=O)N3)CC1. The van der Waals surface area contributed by atoms with E-state index < -0.39 is 73.5 Å². The van der Waals surface area contributed by atoms with Gasteiger partial charge in [-0.2, -0.15) is 0 Å². The predicted octanol–water partition coefficient (Wildman–Crippen LogP) is 6.39. The van der Waals surface area contributed by atoms with Crippen molar-refractivity contribution in [3.05, 3.63) is 72.1 Å². The van der Waals surface area contributed by atoms with E-state index in [2.05, 4.69) is 10.0 Å². The Kier molecular flexibility index (Phi) is 10.2. The first-order valence-corrected chi connectivity index (χ1v) is 23.0. The molecule has 1 saturated heterocycles. The number of carboxylic acid groups (broad SMARTS) is 1. The van der Waals surface area contributed by atoms with Gasteiger partial charge in [0.2, 0.25) is 21.8 Å². The molecule has 0 bridgehead atoms. The van der Waals surface area contributed by atoms with Gasteiger partial charge in [-0.25, -0.2) is 22.6 Å². The Morgan fingerprint density at radius 2 is 1.77 bits per heavy atom. The van der Waals surface area contributed by atoms with Crippen molar-refractivity contribution >= 4 is 44.7 Å². The van der Waals surface area contributed by atoms with Crippen LogP contribution in [0.2, 0.25) is 0 Å². The number of fused-ring (bicyclic) bond motifs is 5. The van der Waals surface area contributed by atoms with Crippen molar-refractivity contribution in [2.24, 2.45) is 5.92 Å². The fourth-order valence-corrected chi connectivity index (χ4v) is 11.5. The maximum atomic E-state index is 15.3. The van der Waals surface area contributed by atoms with Crippen LogP contribution in [0.1, 0.15) is 102 Å². The van der Waals surface area contributed by atoms with E-state index in [4.69, 9.17) is 9.72 Å². The van der Waals surface area contributed by atoms with Crippen molar-refractivity contribution in [1.29, 1.82) is 0 Å². The molecule has 0 unspecified atom stereocenters. The third-order valence-corrected chi connectivity index (χ3v) is 16.2. The van der Waals surface area contributed by atoms with Gasteiger partial charge < -0.3 is 20.1 Å². The Morgan fingerprint density at radius 1 is 1.00 bits per heavy atom. The number of amides is 4. The van der Waals surface area contributed by atoms with Gasteiger partial charge in [-0.15, -0.1) is 0 Å². The van der Waals surface area contributed by atoms with Gasteiger partial charge in [0.1, 0.15) is 40.5 Å². The first-order chi connectivity index (χ1) is 28.7. The lowest BCUT2D eigenvalue weighted by molar-refractivity contribution is -0.144. The minimum Gasteiger partial charge on any atom is -0.483 e. The number of aryl methyl sites for hydroxylation is 1. The largest absolute Gasteiger partial charge is 0.483 e. The summed E-state index contributed by atoms with van der Waals surface area (Å²) < 4.78 is 49.7. The summed E-state index contributed by atoms with van der Waals surface area (Å²) in [5, 5.41) is 14.5. The van der Waals surface area contributed by atoms with Crippen LogP contribution in [0.25, 0.3) is 22.2 Å². The number of carbonyl (C=O) groups is 4. The zero-order valence-corrected chi connectivity index (χ0v) is 34.6. The van der Waals surface area contributed by atoms with Crippen LogP contribution in [0.5, 0.6) is 5.75 Å². The molecule has 60 heavy (non-hydrogen) atoms. The first kappa shape index (κ1) is 40.4. The Balaban J connectivity index is 1.12. The summed E-state index contributed by atoms with van der Waals surface area (Å²) in [6, 6.07) is 11.1. The van der Waals surface area contributed by atoms with Crippen LogP contribution in [0.15, 0.2) is 60.7 Å². The van der Waals surface area contributed by atoms with Crippen molar-refractivity contribution < 1.29 is 41.8 Å². The summed E-state index contributed by atoms with van der Waals surface area (Å²) in [6.45, 7) is 1.53. The highest BCUT2D eigenvalue weighted by molar-refractivity contribution is 7.91. The highest BCUT2D eigenvalue weighted by Crippen LogP contribution is 2.50. The van der Waals surface area contributed by atoms with Crippen molar-refractivity contribution in [3.63, 3.8) is 0 Å². The molecule has 2 aromatic carbocycles. The van der Waals surface area contributed by atoms with Gasteiger partial charge in [0, 0.05) is 34.9 Å². The van der Waals surface area contributed by atoms with Crippen LogP contribution in [0.4, 0.5) is 9.18 Å². The van der Waals surface area contributed by atoms with E-state index in [1.165, 1.54) is 21.9 Å². The van der Waals surface area contributed by atoms with Crippen LogP contribution in [-0.4, -0.2) is 92.7 Å². The lowest BCUT2D eigenvalue weighted by Gasteiger charge is -2.38. The molecule has 3 saturated carbocycles. The van der Waals surface area contributed by atoms with E-state index in [1.807, 2.05) is 36.4 Å². The molecule has 3 aromatic rings. The molecule has 4 amide bonds. The van der Waals surface area contributed by atoms with Crippen molar-refractivity contribution in [2.45, 2.75) is 137 Å². The average Bonchev–Trinajstić information content (AvgIpc) is 4.01. The van der Waals surface area contributed by atoms with Crippen molar-refractivity contribution in [3.8, 4) is 17.0 Å². The molecular weight excluding hydrogens is 790 g/mol. The van der Waals surface area contributed by atoms with Crippen LogP contribution >= 0.6 is 0 Å². The summed E-state index contributed by atoms with van der Waals surface area (Å²) >= 11 is 0. The maximum Gasteiger partial charge on any atom is 0.408 e. The number of halogens is 1. The number of allylic oxidation sites excluding steroid dienone is 1. The second-order valence-corrected chi connectivity index (χ2v) is 20.3. The van der Waals surface area contributed by atoms with Crippen LogP contribution in [0, 0.1) is 11.7 Å². The third-order valence-electron chi connectivity index (χ3n) is 14.1. The van der Waals surface area contributed by atoms with Gasteiger partial charge in [-0.05, 0) is 89.3 Å². The number of ether oxygens (including phenoxy) is 1. The Hall–Kier alpha value is -5.05. The lowest BCUT2D eigenvalue weighted by Crippen LogP contribution is -2.59. The molecule has 3 aliphatic carbocycles. The molecule has 13 nitrogen and oxygen atoms in total. The summed E-state index contributed by atoms with van der Waals surface area (Å²) in [4.78, 5) is 65.1. The number of nitrogens with zero attached hydrogens (tertiary/aromatic N) is 3. The summed E-state index contributed by atoms with van der Waals surface area (Å²) in [6.07, 6.45) is 10.5. The highest BCUT2D eigenvalue weighted by Gasteiger charge is 2.64. The number of hydrogen-bond donors (Lipinski definition) is 3. The minimum absolute atomic E-state index is 0.0111. The highest BCUT2D eigenvalue weighted by atomic mass is 32.2. The maximum absolute atomic E-state index is 15.3.